The van der Waals surface area contributed by atoms with E-state index in [1.54, 1.807) is 0 Å². The molecule has 1 aromatic carbocycles. The lowest BCUT2D eigenvalue weighted by molar-refractivity contribution is -0.120. The highest BCUT2D eigenvalue weighted by atomic mass is 127. The zero-order chi connectivity index (χ0) is 20.1. The van der Waals surface area contributed by atoms with Gasteiger partial charge in [0.05, 0.1) is 5.92 Å². The third-order valence-corrected chi connectivity index (χ3v) is 6.56. The molecule has 2 aromatic rings. The summed E-state index contributed by atoms with van der Waals surface area (Å²) < 4.78 is 2.77. The van der Waals surface area contributed by atoms with Crippen molar-refractivity contribution >= 4 is 34.8 Å². The van der Waals surface area contributed by atoms with Crippen LogP contribution >= 0.6 is 22.6 Å². The quantitative estimate of drug-likeness (QED) is 0.414. The fourth-order valence-electron chi connectivity index (χ4n) is 4.27. The fraction of sp³-hybridized carbons (Fsp3) is 0.500. The number of aldehydes is 1. The van der Waals surface area contributed by atoms with E-state index in [9.17, 15) is 9.59 Å². The van der Waals surface area contributed by atoms with Gasteiger partial charge in [0.25, 0.3) is 0 Å². The SMILES string of the molecule is CCCCc1nc(I)c(C=O)n1Cc1ccc(C(C(N)=O)C2CCCC2)cc1. The zero-order valence-electron chi connectivity index (χ0n) is 16.4. The minimum Gasteiger partial charge on any atom is -0.369 e. The second-order valence-corrected chi connectivity index (χ2v) is 8.70. The number of imidazole rings is 1. The van der Waals surface area contributed by atoms with E-state index in [4.69, 9.17) is 5.73 Å². The van der Waals surface area contributed by atoms with Gasteiger partial charge in [0.15, 0.2) is 6.29 Å². The number of aromatic nitrogens is 2. The highest BCUT2D eigenvalue weighted by molar-refractivity contribution is 14.1. The van der Waals surface area contributed by atoms with Crippen molar-refractivity contribution in [3.05, 3.63) is 50.6 Å². The predicted octanol–water partition coefficient (Wildman–Crippen LogP) is 4.45. The lowest BCUT2D eigenvalue weighted by Gasteiger charge is -2.21. The lowest BCUT2D eigenvalue weighted by atomic mass is 9.84. The molecule has 1 atom stereocenters. The van der Waals surface area contributed by atoms with E-state index in [0.717, 1.165) is 59.0 Å². The molecule has 1 heterocycles. The van der Waals surface area contributed by atoms with Crippen molar-refractivity contribution in [2.45, 2.75) is 64.3 Å². The number of carbonyl (C=O) groups is 2. The Morgan fingerprint density at radius 2 is 2.00 bits per heavy atom. The fourth-order valence-corrected chi connectivity index (χ4v) is 4.96. The summed E-state index contributed by atoms with van der Waals surface area (Å²) in [7, 11) is 0. The minimum atomic E-state index is -0.228. The molecular weight excluding hydrogens is 465 g/mol. The van der Waals surface area contributed by atoms with E-state index in [0.29, 0.717) is 18.2 Å². The summed E-state index contributed by atoms with van der Waals surface area (Å²) in [6.07, 6.45) is 8.40. The van der Waals surface area contributed by atoms with Crippen molar-refractivity contribution in [2.75, 3.05) is 0 Å². The Hall–Kier alpha value is -1.70. The number of nitrogens with two attached hydrogens (primary N) is 1. The van der Waals surface area contributed by atoms with Crippen molar-refractivity contribution in [3.63, 3.8) is 0 Å². The van der Waals surface area contributed by atoms with Gasteiger partial charge in [-0.1, -0.05) is 50.5 Å². The van der Waals surface area contributed by atoms with Gasteiger partial charge in [0, 0.05) is 13.0 Å². The monoisotopic (exact) mass is 493 g/mol. The zero-order valence-corrected chi connectivity index (χ0v) is 18.5. The molecule has 150 valence electrons. The van der Waals surface area contributed by atoms with Gasteiger partial charge >= 0.3 is 0 Å². The molecule has 0 radical (unpaired) electrons. The van der Waals surface area contributed by atoms with E-state index in [1.807, 2.05) is 28.8 Å². The van der Waals surface area contributed by atoms with Crippen LogP contribution in [-0.2, 0) is 17.8 Å². The number of rotatable bonds is 9. The molecule has 1 saturated carbocycles. The second-order valence-electron chi connectivity index (χ2n) is 7.68. The molecule has 1 fully saturated rings. The number of primary amides is 1. The van der Waals surface area contributed by atoms with Gasteiger partial charge in [-0.05, 0) is 58.9 Å². The topological polar surface area (TPSA) is 78.0 Å². The van der Waals surface area contributed by atoms with E-state index in [2.05, 4.69) is 34.5 Å². The number of aryl methyl sites for hydroxylation is 1. The summed E-state index contributed by atoms with van der Waals surface area (Å²) in [6.45, 7) is 2.76. The first-order chi connectivity index (χ1) is 13.5. The van der Waals surface area contributed by atoms with Crippen LogP contribution in [0.25, 0.3) is 0 Å². The molecule has 2 N–H and O–H groups in total. The number of carbonyl (C=O) groups excluding carboxylic acids is 2. The minimum absolute atomic E-state index is 0.198. The van der Waals surface area contributed by atoms with Crippen LogP contribution in [0.5, 0.6) is 0 Å². The molecule has 28 heavy (non-hydrogen) atoms. The molecule has 0 aliphatic heterocycles. The first-order valence-corrected chi connectivity index (χ1v) is 11.2. The van der Waals surface area contributed by atoms with Crippen LogP contribution in [-0.4, -0.2) is 21.7 Å². The van der Waals surface area contributed by atoms with Gasteiger partial charge < -0.3 is 10.3 Å². The van der Waals surface area contributed by atoms with Crippen LogP contribution in [0.2, 0.25) is 0 Å². The number of nitrogens with zero attached hydrogens (tertiary/aromatic N) is 2. The summed E-state index contributed by atoms with van der Waals surface area (Å²) in [5.41, 5.74) is 8.46. The van der Waals surface area contributed by atoms with Crippen LogP contribution < -0.4 is 5.73 Å². The predicted molar refractivity (Wildman–Crippen MR) is 118 cm³/mol. The number of halogens is 1. The van der Waals surface area contributed by atoms with Gasteiger partial charge in [-0.25, -0.2) is 4.98 Å². The Labute approximate surface area is 180 Å². The lowest BCUT2D eigenvalue weighted by Crippen LogP contribution is -2.26. The Kier molecular flexibility index (Phi) is 7.26. The van der Waals surface area contributed by atoms with Gasteiger partial charge in [0.2, 0.25) is 5.91 Å². The molecule has 3 rings (SSSR count). The average Bonchev–Trinajstić information content (AvgIpc) is 3.29. The smallest absolute Gasteiger partial charge is 0.225 e. The highest BCUT2D eigenvalue weighted by Gasteiger charge is 2.30. The average molecular weight is 493 g/mol. The van der Waals surface area contributed by atoms with Crippen LogP contribution in [0.4, 0.5) is 0 Å². The van der Waals surface area contributed by atoms with Crippen LogP contribution in [0, 0.1) is 9.62 Å². The number of hydrogen-bond donors (Lipinski definition) is 1. The molecule has 0 spiro atoms. The molecule has 0 bridgehead atoms. The first-order valence-electron chi connectivity index (χ1n) is 10.1. The van der Waals surface area contributed by atoms with Crippen molar-refractivity contribution in [1.29, 1.82) is 0 Å². The molecule has 0 saturated heterocycles. The van der Waals surface area contributed by atoms with Crippen molar-refractivity contribution in [2.24, 2.45) is 11.7 Å². The summed E-state index contributed by atoms with van der Waals surface area (Å²) in [5.74, 6) is 0.893. The van der Waals surface area contributed by atoms with Gasteiger partial charge in [-0.2, -0.15) is 0 Å². The van der Waals surface area contributed by atoms with Crippen molar-refractivity contribution in [3.8, 4) is 0 Å². The van der Waals surface area contributed by atoms with Crippen LogP contribution in [0.3, 0.4) is 0 Å². The summed E-state index contributed by atoms with van der Waals surface area (Å²) >= 11 is 2.13. The van der Waals surface area contributed by atoms with Crippen LogP contribution in [0.1, 0.15) is 78.8 Å². The molecule has 1 aliphatic rings. The molecule has 1 aromatic heterocycles. The normalized spacial score (nSPS) is 15.6. The summed E-state index contributed by atoms with van der Waals surface area (Å²) in [4.78, 5) is 28.2. The third kappa shape index (κ3) is 4.64. The van der Waals surface area contributed by atoms with E-state index in [-0.39, 0.29) is 11.8 Å². The first kappa shape index (κ1) is 21.0. The number of amides is 1. The molecule has 1 unspecified atom stereocenters. The Balaban J connectivity index is 1.82. The highest BCUT2D eigenvalue weighted by Crippen LogP contribution is 2.37. The van der Waals surface area contributed by atoms with Gasteiger partial charge in [0.1, 0.15) is 15.2 Å². The standard InChI is InChI=1S/C22H28IN3O2/c1-2-3-8-19-25-21(23)18(14-27)26(19)13-15-9-11-17(12-10-15)20(22(24)28)16-6-4-5-7-16/h9-12,14,16,20H,2-8,13H2,1H3,(H2,24,28). The second kappa shape index (κ2) is 9.67. The maximum absolute atomic E-state index is 12.1. The van der Waals surface area contributed by atoms with Crippen molar-refractivity contribution in [1.82, 2.24) is 9.55 Å². The Morgan fingerprint density at radius 1 is 1.32 bits per heavy atom. The Morgan fingerprint density at radius 3 is 2.57 bits per heavy atom. The summed E-state index contributed by atoms with van der Waals surface area (Å²) in [6, 6.07) is 8.14. The van der Waals surface area contributed by atoms with E-state index in [1.165, 1.54) is 12.8 Å². The molecule has 1 aliphatic carbocycles. The van der Waals surface area contributed by atoms with Crippen molar-refractivity contribution < 1.29 is 9.59 Å². The molecule has 1 amide bonds. The number of benzene rings is 1. The molecule has 6 heteroatoms. The van der Waals surface area contributed by atoms with E-state index >= 15 is 0 Å². The molecular formula is C22H28IN3O2. The Bertz CT molecular complexity index is 823. The molecule has 5 nitrogen and oxygen atoms in total. The maximum Gasteiger partial charge on any atom is 0.225 e. The summed E-state index contributed by atoms with van der Waals surface area (Å²) in [5, 5.41) is 0. The number of hydrogen-bond acceptors (Lipinski definition) is 3. The third-order valence-electron chi connectivity index (χ3n) is 5.76. The number of unbranched alkanes of at least 4 members (excludes halogenated alkanes) is 1. The van der Waals surface area contributed by atoms with Gasteiger partial charge in [-0.15, -0.1) is 0 Å². The van der Waals surface area contributed by atoms with Crippen LogP contribution in [0.15, 0.2) is 24.3 Å². The largest absolute Gasteiger partial charge is 0.369 e. The maximum atomic E-state index is 12.1. The van der Waals surface area contributed by atoms with E-state index < -0.39 is 0 Å². The van der Waals surface area contributed by atoms with Gasteiger partial charge in [-0.3, -0.25) is 9.59 Å².